The number of nitrogens with zero attached hydrogens (tertiary/aromatic N) is 4. The van der Waals surface area contributed by atoms with Crippen molar-refractivity contribution in [3.05, 3.63) is 60.3 Å². The van der Waals surface area contributed by atoms with Gasteiger partial charge in [-0.15, -0.1) is 0 Å². The van der Waals surface area contributed by atoms with Gasteiger partial charge < -0.3 is 14.0 Å². The third-order valence-electron chi connectivity index (χ3n) is 3.67. The number of aryl methyl sites for hydroxylation is 1. The van der Waals surface area contributed by atoms with Crippen LogP contribution in [-0.4, -0.2) is 26.1 Å². The normalized spacial score (nSPS) is 10.8. The molecule has 1 aromatic carbocycles. The van der Waals surface area contributed by atoms with E-state index in [0.29, 0.717) is 19.3 Å². The fourth-order valence-corrected chi connectivity index (χ4v) is 2.37. The maximum absolute atomic E-state index is 5.67. The molecule has 0 amide bonds. The van der Waals surface area contributed by atoms with Gasteiger partial charge in [-0.05, 0) is 18.9 Å². The van der Waals surface area contributed by atoms with Gasteiger partial charge in [0.15, 0.2) is 0 Å². The number of benzene rings is 1. The van der Waals surface area contributed by atoms with Crippen LogP contribution >= 0.6 is 0 Å². The van der Waals surface area contributed by atoms with Crippen LogP contribution in [0.5, 0.6) is 6.01 Å². The van der Waals surface area contributed by atoms with Crippen molar-refractivity contribution >= 4 is 0 Å². The first kappa shape index (κ1) is 17.1. The lowest BCUT2D eigenvalue weighted by molar-refractivity contribution is 0.0775. The van der Waals surface area contributed by atoms with Crippen LogP contribution in [0, 0.1) is 6.92 Å². The molecule has 0 aliphatic heterocycles. The van der Waals surface area contributed by atoms with E-state index >= 15 is 0 Å². The summed E-state index contributed by atoms with van der Waals surface area (Å²) in [6.07, 6.45) is 6.44. The summed E-state index contributed by atoms with van der Waals surface area (Å²) in [6.45, 7) is 5.70. The summed E-state index contributed by atoms with van der Waals surface area (Å²) < 4.78 is 13.1. The Morgan fingerprint density at radius 2 is 1.96 bits per heavy atom. The van der Waals surface area contributed by atoms with Crippen LogP contribution in [0.15, 0.2) is 49.1 Å². The van der Waals surface area contributed by atoms with E-state index in [1.807, 2.05) is 48.0 Å². The van der Waals surface area contributed by atoms with Crippen LogP contribution in [-0.2, 0) is 18.1 Å². The van der Waals surface area contributed by atoms with E-state index in [1.54, 1.807) is 12.5 Å². The van der Waals surface area contributed by atoms with Crippen LogP contribution in [0.3, 0.4) is 0 Å². The highest BCUT2D eigenvalue weighted by molar-refractivity contribution is 5.59. The third-order valence-corrected chi connectivity index (χ3v) is 3.67. The van der Waals surface area contributed by atoms with Gasteiger partial charge in [-0.3, -0.25) is 0 Å². The first-order valence-corrected chi connectivity index (χ1v) is 8.36. The fourth-order valence-electron chi connectivity index (χ4n) is 2.37. The zero-order valence-corrected chi connectivity index (χ0v) is 14.6. The molecule has 0 saturated carbocycles. The van der Waals surface area contributed by atoms with Crippen molar-refractivity contribution in [2.45, 2.75) is 33.6 Å². The number of ether oxygens (including phenoxy) is 2. The zero-order valence-electron chi connectivity index (χ0n) is 14.6. The lowest BCUT2D eigenvalue weighted by atomic mass is 10.2. The van der Waals surface area contributed by atoms with Crippen molar-refractivity contribution in [1.82, 2.24) is 19.5 Å². The molecule has 0 fully saturated rings. The Bertz CT molecular complexity index is 802. The largest absolute Gasteiger partial charge is 0.459 e. The van der Waals surface area contributed by atoms with Gasteiger partial charge in [-0.2, -0.15) is 4.98 Å². The Balaban J connectivity index is 1.65. The van der Waals surface area contributed by atoms with E-state index < -0.39 is 0 Å². The molecule has 130 valence electrons. The molecule has 0 N–H and O–H groups in total. The van der Waals surface area contributed by atoms with Crippen molar-refractivity contribution in [3.8, 4) is 17.3 Å². The van der Waals surface area contributed by atoms with E-state index in [1.165, 1.54) is 0 Å². The summed E-state index contributed by atoms with van der Waals surface area (Å²) in [6, 6.07) is 10.3. The van der Waals surface area contributed by atoms with Crippen LogP contribution in [0.1, 0.15) is 24.6 Å². The van der Waals surface area contributed by atoms with Crippen LogP contribution in [0.4, 0.5) is 0 Å². The van der Waals surface area contributed by atoms with Gasteiger partial charge >= 0.3 is 6.01 Å². The van der Waals surface area contributed by atoms with Crippen molar-refractivity contribution in [2.75, 3.05) is 6.61 Å². The molecule has 0 saturated heterocycles. The van der Waals surface area contributed by atoms with E-state index in [-0.39, 0.29) is 0 Å². The summed E-state index contributed by atoms with van der Waals surface area (Å²) >= 11 is 0. The maximum atomic E-state index is 5.67. The van der Waals surface area contributed by atoms with Gasteiger partial charge in [-0.1, -0.05) is 37.3 Å². The minimum Gasteiger partial charge on any atom is -0.459 e. The third kappa shape index (κ3) is 4.64. The molecule has 2 aromatic heterocycles. The van der Waals surface area contributed by atoms with E-state index in [2.05, 4.69) is 21.9 Å². The van der Waals surface area contributed by atoms with Gasteiger partial charge in [0, 0.05) is 24.6 Å². The maximum Gasteiger partial charge on any atom is 0.316 e. The predicted octanol–water partition coefficient (Wildman–Crippen LogP) is 3.61. The van der Waals surface area contributed by atoms with Gasteiger partial charge in [0.25, 0.3) is 0 Å². The quantitative estimate of drug-likeness (QED) is 0.587. The Hall–Kier alpha value is -2.73. The highest BCUT2D eigenvalue weighted by Crippen LogP contribution is 2.21. The molecule has 0 spiro atoms. The molecule has 0 aliphatic rings. The van der Waals surface area contributed by atoms with Gasteiger partial charge in [0.05, 0.1) is 17.7 Å². The monoisotopic (exact) mass is 338 g/mol. The van der Waals surface area contributed by atoms with Crippen LogP contribution in [0.2, 0.25) is 0 Å². The van der Waals surface area contributed by atoms with Crippen molar-refractivity contribution in [1.29, 1.82) is 0 Å². The minimum atomic E-state index is 0.371. The fraction of sp³-hybridized carbons (Fsp3) is 0.316. The molecular weight excluding hydrogens is 316 g/mol. The molecule has 0 bridgehead atoms. The van der Waals surface area contributed by atoms with E-state index in [9.17, 15) is 0 Å². The van der Waals surface area contributed by atoms with Crippen LogP contribution in [0.25, 0.3) is 11.3 Å². The second kappa shape index (κ2) is 8.39. The molecule has 0 atom stereocenters. The molecule has 25 heavy (non-hydrogen) atoms. The van der Waals surface area contributed by atoms with Crippen molar-refractivity contribution < 1.29 is 9.47 Å². The van der Waals surface area contributed by atoms with Gasteiger partial charge in [0.2, 0.25) is 0 Å². The predicted molar refractivity (Wildman–Crippen MR) is 95.0 cm³/mol. The minimum absolute atomic E-state index is 0.371. The summed E-state index contributed by atoms with van der Waals surface area (Å²) in [5, 5.41) is 0. The smallest absolute Gasteiger partial charge is 0.316 e. The number of rotatable bonds is 8. The van der Waals surface area contributed by atoms with E-state index in [0.717, 1.165) is 35.5 Å². The topological polar surface area (TPSA) is 62.1 Å². The summed E-state index contributed by atoms with van der Waals surface area (Å²) in [5.74, 6) is 0. The summed E-state index contributed by atoms with van der Waals surface area (Å²) in [5.41, 5.74) is 3.63. The number of imidazole rings is 1. The average Bonchev–Trinajstić information content (AvgIpc) is 3.10. The Morgan fingerprint density at radius 1 is 1.12 bits per heavy atom. The summed E-state index contributed by atoms with van der Waals surface area (Å²) in [7, 11) is 0. The second-order valence-corrected chi connectivity index (χ2v) is 5.74. The molecule has 6 nitrogen and oxygen atoms in total. The molecule has 2 heterocycles. The molecule has 0 radical (unpaired) electrons. The molecule has 3 rings (SSSR count). The molecular formula is C19H22N4O2. The lowest BCUT2D eigenvalue weighted by Crippen LogP contribution is -2.01. The first-order chi connectivity index (χ1) is 12.3. The van der Waals surface area contributed by atoms with Gasteiger partial charge in [-0.25, -0.2) is 9.97 Å². The van der Waals surface area contributed by atoms with E-state index in [4.69, 9.17) is 9.47 Å². The second-order valence-electron chi connectivity index (χ2n) is 5.74. The SMILES string of the molecule is CCCOCn1cnc(-c2cnc(OCc3ccccc3)nc2C)c1. The van der Waals surface area contributed by atoms with Crippen LogP contribution < -0.4 is 4.74 Å². The summed E-state index contributed by atoms with van der Waals surface area (Å²) in [4.78, 5) is 13.1. The Labute approximate surface area is 147 Å². The number of hydrogen-bond acceptors (Lipinski definition) is 5. The zero-order chi connectivity index (χ0) is 17.5. The lowest BCUT2D eigenvalue weighted by Gasteiger charge is -2.07. The Kier molecular flexibility index (Phi) is 5.74. The molecule has 6 heteroatoms. The first-order valence-electron chi connectivity index (χ1n) is 8.36. The average molecular weight is 338 g/mol. The molecule has 0 unspecified atom stereocenters. The van der Waals surface area contributed by atoms with Gasteiger partial charge in [0.1, 0.15) is 13.3 Å². The molecule has 3 aromatic rings. The number of aromatic nitrogens is 4. The number of hydrogen-bond donors (Lipinski definition) is 0. The van der Waals surface area contributed by atoms with Crippen molar-refractivity contribution in [2.24, 2.45) is 0 Å². The standard InChI is InChI=1S/C19H22N4O2/c1-3-9-24-14-23-11-18(21-13-23)17-10-20-19(22-15(17)2)25-12-16-7-5-4-6-8-16/h4-8,10-11,13H,3,9,12,14H2,1-2H3. The highest BCUT2D eigenvalue weighted by atomic mass is 16.5. The Morgan fingerprint density at radius 3 is 2.72 bits per heavy atom. The molecule has 0 aliphatic carbocycles. The highest BCUT2D eigenvalue weighted by Gasteiger charge is 2.10. The van der Waals surface area contributed by atoms with Crippen molar-refractivity contribution in [3.63, 3.8) is 0 Å².